The first-order valence-corrected chi connectivity index (χ1v) is 12.3. The Balaban J connectivity index is 1.31. The van der Waals surface area contributed by atoms with Gasteiger partial charge in [-0.3, -0.25) is 0 Å². The number of aromatic nitrogens is 2. The molecule has 0 atom stereocenters. The zero-order valence-electron chi connectivity index (χ0n) is 21.8. The third-order valence-corrected chi connectivity index (χ3v) is 6.23. The third kappa shape index (κ3) is 6.76. The van der Waals surface area contributed by atoms with Gasteiger partial charge >= 0.3 is 12.1 Å². The zero-order chi connectivity index (χ0) is 26.6. The first-order valence-electron chi connectivity index (χ1n) is 12.3. The molecule has 3 aromatic rings. The average molecular weight is 501 g/mol. The first-order chi connectivity index (χ1) is 17.5. The van der Waals surface area contributed by atoms with Crippen LogP contribution in [0.5, 0.6) is 17.5 Å². The van der Waals surface area contributed by atoms with E-state index in [0.717, 1.165) is 29.7 Å². The van der Waals surface area contributed by atoms with Crippen LogP contribution in [0.25, 0.3) is 0 Å². The smallest absolute Gasteiger partial charge is 0.407 e. The summed E-state index contributed by atoms with van der Waals surface area (Å²) >= 11 is 0. The summed E-state index contributed by atoms with van der Waals surface area (Å²) in [6.45, 7) is 9.87. The Kier molecular flexibility index (Phi) is 7.35. The van der Waals surface area contributed by atoms with E-state index in [9.17, 15) is 4.79 Å². The lowest BCUT2D eigenvalue weighted by Gasteiger charge is -2.36. The molecule has 0 aliphatic heterocycles. The van der Waals surface area contributed by atoms with E-state index in [1.54, 1.807) is 0 Å². The molecule has 2 aromatic carbocycles. The second-order valence-corrected chi connectivity index (χ2v) is 10.7. The van der Waals surface area contributed by atoms with E-state index in [2.05, 4.69) is 41.3 Å². The number of carbonyl (C=O) groups is 1. The van der Waals surface area contributed by atoms with Crippen LogP contribution in [0.3, 0.4) is 0 Å². The third-order valence-electron chi connectivity index (χ3n) is 6.23. The minimum Gasteiger partial charge on any atom is -0.490 e. The molecule has 37 heavy (non-hydrogen) atoms. The van der Waals surface area contributed by atoms with Crippen LogP contribution in [0.1, 0.15) is 64.3 Å². The Morgan fingerprint density at radius 1 is 0.946 bits per heavy atom. The van der Waals surface area contributed by atoms with E-state index in [-0.39, 0.29) is 35.4 Å². The molecule has 1 amide bonds. The minimum atomic E-state index is -0.505. The summed E-state index contributed by atoms with van der Waals surface area (Å²) in [5.41, 5.74) is 1.78. The molecule has 0 radical (unpaired) electrons. The molecular weight excluding hydrogens is 468 g/mol. The standard InChI is InChI=1S/C29H32N4O4/c1-28(2,3)37-27(34)33-22-16-25(17-22)35-23-10-6-19(7-11-23)29(4,5)20-8-12-24(13-9-20)36-26-31-15-14-21(18-30)32-26/h6-15,22,25H,16-17H2,1-5H3,(H,33,34). The quantitative estimate of drug-likeness (QED) is 0.430. The van der Waals surface area contributed by atoms with Crippen LogP contribution in [-0.2, 0) is 10.2 Å². The number of carbonyl (C=O) groups excluding carboxylic acids is 1. The van der Waals surface area contributed by atoms with Gasteiger partial charge in [-0.1, -0.05) is 38.1 Å². The molecule has 0 saturated heterocycles. The lowest BCUT2D eigenvalue weighted by Crippen LogP contribution is -2.50. The van der Waals surface area contributed by atoms with Crippen molar-refractivity contribution in [2.75, 3.05) is 0 Å². The molecule has 1 saturated carbocycles. The number of hydrogen-bond acceptors (Lipinski definition) is 7. The van der Waals surface area contributed by atoms with Gasteiger partial charge in [-0.05, 0) is 62.2 Å². The molecule has 8 nitrogen and oxygen atoms in total. The van der Waals surface area contributed by atoms with Crippen LogP contribution >= 0.6 is 0 Å². The van der Waals surface area contributed by atoms with E-state index >= 15 is 0 Å². The summed E-state index contributed by atoms with van der Waals surface area (Å²) < 4.78 is 17.1. The van der Waals surface area contributed by atoms with Gasteiger partial charge in [0.05, 0.1) is 0 Å². The van der Waals surface area contributed by atoms with Gasteiger partial charge < -0.3 is 19.5 Å². The Morgan fingerprint density at radius 3 is 2.11 bits per heavy atom. The first kappa shape index (κ1) is 26.0. The molecule has 1 fully saturated rings. The predicted octanol–water partition coefficient (Wildman–Crippen LogP) is 5.90. The van der Waals surface area contributed by atoms with E-state index in [1.165, 1.54) is 12.3 Å². The highest BCUT2D eigenvalue weighted by Crippen LogP contribution is 2.34. The number of rotatable bonds is 7. The average Bonchev–Trinajstić information content (AvgIpc) is 2.82. The molecule has 4 rings (SSSR count). The maximum Gasteiger partial charge on any atom is 0.407 e. The molecule has 1 aliphatic rings. The molecule has 1 aliphatic carbocycles. The van der Waals surface area contributed by atoms with Gasteiger partial charge in [-0.15, -0.1) is 0 Å². The van der Waals surface area contributed by atoms with Crippen LogP contribution in [0.2, 0.25) is 0 Å². The normalized spacial score (nSPS) is 17.2. The number of ether oxygens (including phenoxy) is 3. The zero-order valence-corrected chi connectivity index (χ0v) is 21.8. The number of nitrogens with zero attached hydrogens (tertiary/aromatic N) is 3. The van der Waals surface area contributed by atoms with E-state index in [1.807, 2.05) is 63.2 Å². The van der Waals surface area contributed by atoms with Crippen molar-refractivity contribution in [2.24, 2.45) is 0 Å². The van der Waals surface area contributed by atoms with Gasteiger partial charge in [-0.25, -0.2) is 9.78 Å². The van der Waals surface area contributed by atoms with E-state index in [4.69, 9.17) is 19.5 Å². The molecule has 0 spiro atoms. The monoisotopic (exact) mass is 500 g/mol. The molecule has 0 unspecified atom stereocenters. The van der Waals surface area contributed by atoms with Gasteiger partial charge in [-0.2, -0.15) is 10.2 Å². The lowest BCUT2D eigenvalue weighted by atomic mass is 9.78. The van der Waals surface area contributed by atoms with Crippen LogP contribution in [0.15, 0.2) is 60.8 Å². The fraction of sp³-hybridized carbons (Fsp3) is 0.379. The summed E-state index contributed by atoms with van der Waals surface area (Å²) in [5.74, 6) is 1.40. The molecule has 0 bridgehead atoms. The number of nitrogens with one attached hydrogen (secondary N) is 1. The van der Waals surface area contributed by atoms with Gasteiger partial charge in [0.2, 0.25) is 0 Å². The van der Waals surface area contributed by atoms with Crippen LogP contribution in [-0.4, -0.2) is 33.8 Å². The second-order valence-electron chi connectivity index (χ2n) is 10.7. The van der Waals surface area contributed by atoms with E-state index in [0.29, 0.717) is 5.75 Å². The van der Waals surface area contributed by atoms with Crippen molar-refractivity contribution >= 4 is 6.09 Å². The van der Waals surface area contributed by atoms with Gasteiger partial charge in [0.1, 0.15) is 35.0 Å². The van der Waals surface area contributed by atoms with Crippen molar-refractivity contribution in [1.29, 1.82) is 5.26 Å². The molecule has 1 aromatic heterocycles. The predicted molar refractivity (Wildman–Crippen MR) is 139 cm³/mol. The molecule has 1 heterocycles. The topological polar surface area (TPSA) is 106 Å². The fourth-order valence-corrected chi connectivity index (χ4v) is 4.06. The number of alkyl carbamates (subject to hydrolysis) is 1. The minimum absolute atomic E-state index is 0.0733. The summed E-state index contributed by atoms with van der Waals surface area (Å²) in [4.78, 5) is 20.0. The van der Waals surface area contributed by atoms with Gasteiger partial charge in [0.15, 0.2) is 0 Å². The Morgan fingerprint density at radius 2 is 1.54 bits per heavy atom. The van der Waals surface area contributed by atoms with Crippen molar-refractivity contribution in [3.63, 3.8) is 0 Å². The Bertz CT molecular complexity index is 1270. The molecular formula is C29H32N4O4. The Labute approximate surface area is 217 Å². The highest BCUT2D eigenvalue weighted by atomic mass is 16.6. The SMILES string of the molecule is CC(C)(C)OC(=O)NC1CC(Oc2ccc(C(C)(C)c3ccc(Oc4nccc(C#N)n4)cc3)cc2)C1. The summed E-state index contributed by atoms with van der Waals surface area (Å²) in [6, 6.07) is 19.6. The Hall–Kier alpha value is -4.12. The second kappa shape index (κ2) is 10.5. The lowest BCUT2D eigenvalue weighted by molar-refractivity contribution is 0.0363. The number of hydrogen-bond donors (Lipinski definition) is 1. The van der Waals surface area contributed by atoms with E-state index < -0.39 is 5.60 Å². The van der Waals surface area contributed by atoms with Crippen molar-refractivity contribution in [3.05, 3.63) is 77.6 Å². The number of amides is 1. The highest BCUT2D eigenvalue weighted by molar-refractivity contribution is 5.68. The summed E-state index contributed by atoms with van der Waals surface area (Å²) in [6.07, 6.45) is 2.70. The summed E-state index contributed by atoms with van der Waals surface area (Å²) in [5, 5.41) is 11.9. The van der Waals surface area contributed by atoms with Crippen LogP contribution < -0.4 is 14.8 Å². The largest absolute Gasteiger partial charge is 0.490 e. The van der Waals surface area contributed by atoms with Crippen molar-refractivity contribution in [1.82, 2.24) is 15.3 Å². The highest BCUT2D eigenvalue weighted by Gasteiger charge is 2.33. The van der Waals surface area contributed by atoms with Gasteiger partial charge in [0, 0.05) is 30.5 Å². The molecule has 1 N–H and O–H groups in total. The van der Waals surface area contributed by atoms with Crippen LogP contribution in [0.4, 0.5) is 4.79 Å². The molecule has 8 heteroatoms. The van der Waals surface area contributed by atoms with Crippen molar-refractivity contribution < 1.29 is 19.0 Å². The summed E-state index contributed by atoms with van der Waals surface area (Å²) in [7, 11) is 0. The van der Waals surface area contributed by atoms with Gasteiger partial charge in [0.25, 0.3) is 0 Å². The number of nitriles is 1. The van der Waals surface area contributed by atoms with Crippen LogP contribution in [0, 0.1) is 11.3 Å². The molecule has 192 valence electrons. The number of benzene rings is 2. The van der Waals surface area contributed by atoms with Crippen molar-refractivity contribution in [2.45, 2.75) is 70.6 Å². The maximum absolute atomic E-state index is 11.9. The van der Waals surface area contributed by atoms with Crippen molar-refractivity contribution in [3.8, 4) is 23.6 Å². The maximum atomic E-state index is 11.9. The fourth-order valence-electron chi connectivity index (χ4n) is 4.06.